The normalized spacial score (nSPS) is 26.7. The van der Waals surface area contributed by atoms with E-state index in [1.54, 1.807) is 13.8 Å². The molecule has 1 N–H and O–H groups in total. The Morgan fingerprint density at radius 2 is 1.76 bits per heavy atom. The summed E-state index contributed by atoms with van der Waals surface area (Å²) in [6.07, 6.45) is -2.40. The summed E-state index contributed by atoms with van der Waals surface area (Å²) in [4.78, 5) is 11.7. The van der Waals surface area contributed by atoms with Gasteiger partial charge in [-0.1, -0.05) is 28.8 Å². The van der Waals surface area contributed by atoms with Crippen molar-refractivity contribution in [3.63, 3.8) is 0 Å². The fourth-order valence-electron chi connectivity index (χ4n) is 2.04. The van der Waals surface area contributed by atoms with E-state index in [1.165, 1.54) is 0 Å². The number of carbonyl (C=O) groups is 1. The molecule has 0 aromatic heterocycles. The predicted octanol–water partition coefficient (Wildman–Crippen LogP) is 3.40. The number of rotatable bonds is 2. The van der Waals surface area contributed by atoms with Crippen molar-refractivity contribution in [3.05, 3.63) is 0 Å². The molecule has 0 heterocycles. The van der Waals surface area contributed by atoms with E-state index in [0.717, 1.165) is 6.42 Å². The summed E-state index contributed by atoms with van der Waals surface area (Å²) in [6.45, 7) is 3.24. The highest BCUT2D eigenvalue weighted by molar-refractivity contribution is 9.10. The molecule has 1 fully saturated rings. The average Bonchev–Trinajstić information content (AvgIpc) is 2.15. The van der Waals surface area contributed by atoms with E-state index in [2.05, 4.69) is 21.2 Å². The number of nitrogens with one attached hydrogen (secondary N) is 1. The summed E-state index contributed by atoms with van der Waals surface area (Å²) in [6, 6.07) is -0.784. The van der Waals surface area contributed by atoms with Gasteiger partial charge in [-0.3, -0.25) is 4.79 Å². The average molecular weight is 316 g/mol. The lowest BCUT2D eigenvalue weighted by Gasteiger charge is -2.34. The van der Waals surface area contributed by atoms with E-state index in [-0.39, 0.29) is 6.42 Å². The molecule has 1 saturated carbocycles. The molecule has 0 aromatic rings. The maximum absolute atomic E-state index is 12.8. The van der Waals surface area contributed by atoms with Gasteiger partial charge < -0.3 is 5.32 Å². The molecule has 1 rings (SSSR count). The maximum atomic E-state index is 12.8. The summed E-state index contributed by atoms with van der Waals surface area (Å²) in [5, 5.41) is 2.51. The van der Waals surface area contributed by atoms with Gasteiger partial charge in [0, 0.05) is 6.04 Å². The third-order valence-corrected chi connectivity index (χ3v) is 3.40. The molecule has 0 aliphatic heterocycles. The van der Waals surface area contributed by atoms with Gasteiger partial charge in [0.1, 0.15) is 0 Å². The highest BCUT2D eigenvalue weighted by atomic mass is 79.9. The van der Waals surface area contributed by atoms with E-state index in [0.29, 0.717) is 12.8 Å². The van der Waals surface area contributed by atoms with Crippen LogP contribution in [0.15, 0.2) is 0 Å². The van der Waals surface area contributed by atoms with Gasteiger partial charge in [0.25, 0.3) is 0 Å². The maximum Gasteiger partial charge on any atom is 0.393 e. The summed E-state index contributed by atoms with van der Waals surface area (Å²) >= 11 is 3.15. The topological polar surface area (TPSA) is 29.1 Å². The van der Waals surface area contributed by atoms with Crippen LogP contribution in [0.3, 0.4) is 0 Å². The van der Waals surface area contributed by atoms with Crippen LogP contribution in [0, 0.1) is 5.92 Å². The van der Waals surface area contributed by atoms with Crippen LogP contribution >= 0.6 is 15.9 Å². The third kappa shape index (κ3) is 4.16. The van der Waals surface area contributed by atoms with Crippen molar-refractivity contribution in [1.82, 2.24) is 5.32 Å². The Labute approximate surface area is 107 Å². The molecule has 0 aromatic carbocycles. The molecule has 0 radical (unpaired) electrons. The van der Waals surface area contributed by atoms with Gasteiger partial charge in [0.2, 0.25) is 5.91 Å². The van der Waals surface area contributed by atoms with Gasteiger partial charge >= 0.3 is 6.18 Å². The Morgan fingerprint density at radius 3 is 2.24 bits per heavy atom. The van der Waals surface area contributed by atoms with Gasteiger partial charge in [-0.25, -0.2) is 0 Å². The van der Waals surface area contributed by atoms with Crippen LogP contribution in [0.5, 0.6) is 0 Å². The van der Waals surface area contributed by atoms with E-state index in [9.17, 15) is 18.0 Å². The molecule has 1 aliphatic carbocycles. The van der Waals surface area contributed by atoms with Gasteiger partial charge in [-0.15, -0.1) is 0 Å². The number of carbonyl (C=O) groups excluding carboxylic acids is 1. The predicted molar refractivity (Wildman–Crippen MR) is 62.9 cm³/mol. The van der Waals surface area contributed by atoms with E-state index >= 15 is 0 Å². The molecule has 2 atom stereocenters. The van der Waals surface area contributed by atoms with Crippen molar-refractivity contribution in [2.75, 3.05) is 0 Å². The van der Waals surface area contributed by atoms with Gasteiger partial charge in [-0.2, -0.15) is 13.2 Å². The molecule has 2 nitrogen and oxygen atoms in total. The van der Waals surface area contributed by atoms with Gasteiger partial charge in [0.15, 0.2) is 0 Å². The van der Waals surface area contributed by atoms with Crippen LogP contribution in [0.2, 0.25) is 0 Å². The fourth-order valence-corrected chi connectivity index (χ4v) is 2.15. The first-order valence-electron chi connectivity index (χ1n) is 5.69. The largest absolute Gasteiger partial charge is 0.393 e. The van der Waals surface area contributed by atoms with Crippen LogP contribution in [-0.4, -0.2) is 22.4 Å². The lowest BCUT2D eigenvalue weighted by Crippen LogP contribution is -2.51. The summed E-state index contributed by atoms with van der Waals surface area (Å²) in [5.74, 6) is -1.80. The van der Waals surface area contributed by atoms with Gasteiger partial charge in [-0.05, 0) is 26.7 Å². The standard InChI is InChI=1S/C11H17BrF3NO/c1-10(2,12)9(17)16-8-6-4-3-5-7(8)11(13,14)15/h7-8H,3-6H2,1-2H3,(H,16,17). The van der Waals surface area contributed by atoms with Crippen molar-refractivity contribution >= 4 is 21.8 Å². The van der Waals surface area contributed by atoms with Crippen LogP contribution in [0.4, 0.5) is 13.2 Å². The zero-order valence-electron chi connectivity index (χ0n) is 9.90. The second-order valence-corrected chi connectivity index (χ2v) is 6.97. The quantitative estimate of drug-likeness (QED) is 0.777. The molecule has 17 heavy (non-hydrogen) atoms. The number of hydrogen-bond acceptors (Lipinski definition) is 1. The van der Waals surface area contributed by atoms with Crippen LogP contribution < -0.4 is 5.32 Å². The van der Waals surface area contributed by atoms with Crippen molar-refractivity contribution in [1.29, 1.82) is 0 Å². The summed E-state index contributed by atoms with van der Waals surface area (Å²) in [5.41, 5.74) is 0. The minimum atomic E-state index is -4.23. The molecule has 0 spiro atoms. The number of alkyl halides is 4. The second-order valence-electron chi connectivity index (χ2n) is 4.98. The first kappa shape index (κ1) is 14.8. The van der Waals surface area contributed by atoms with Crippen molar-refractivity contribution in [3.8, 4) is 0 Å². The molecule has 0 bridgehead atoms. The Bertz CT molecular complexity index is 285. The number of hydrogen-bond donors (Lipinski definition) is 1. The van der Waals surface area contributed by atoms with E-state index in [4.69, 9.17) is 0 Å². The zero-order chi connectivity index (χ0) is 13.3. The molecule has 6 heteroatoms. The molecule has 1 aliphatic rings. The molecular weight excluding hydrogens is 299 g/mol. The van der Waals surface area contributed by atoms with Crippen LogP contribution in [-0.2, 0) is 4.79 Å². The Balaban J connectivity index is 2.70. The van der Waals surface area contributed by atoms with E-state index < -0.39 is 28.4 Å². The zero-order valence-corrected chi connectivity index (χ0v) is 11.5. The van der Waals surface area contributed by atoms with Crippen molar-refractivity contribution < 1.29 is 18.0 Å². The highest BCUT2D eigenvalue weighted by Gasteiger charge is 2.46. The Morgan fingerprint density at radius 1 is 1.24 bits per heavy atom. The number of halogens is 4. The van der Waals surface area contributed by atoms with Gasteiger partial charge in [0.05, 0.1) is 10.2 Å². The van der Waals surface area contributed by atoms with Crippen LogP contribution in [0.1, 0.15) is 39.5 Å². The molecule has 0 saturated heterocycles. The third-order valence-electron chi connectivity index (χ3n) is 3.04. The fraction of sp³-hybridized carbons (Fsp3) is 0.909. The summed E-state index contributed by atoms with van der Waals surface area (Å²) < 4.78 is 37.5. The van der Waals surface area contributed by atoms with E-state index in [1.807, 2.05) is 0 Å². The minimum Gasteiger partial charge on any atom is -0.352 e. The first-order valence-corrected chi connectivity index (χ1v) is 6.48. The highest BCUT2D eigenvalue weighted by Crippen LogP contribution is 2.38. The lowest BCUT2D eigenvalue weighted by molar-refractivity contribution is -0.189. The van der Waals surface area contributed by atoms with Crippen molar-refractivity contribution in [2.45, 2.75) is 56.1 Å². The molecule has 2 unspecified atom stereocenters. The smallest absolute Gasteiger partial charge is 0.352 e. The monoisotopic (exact) mass is 315 g/mol. The molecule has 1 amide bonds. The summed E-state index contributed by atoms with van der Waals surface area (Å²) in [7, 11) is 0. The second kappa shape index (κ2) is 5.16. The minimum absolute atomic E-state index is 0.108. The number of amides is 1. The van der Waals surface area contributed by atoms with Crippen LogP contribution in [0.25, 0.3) is 0 Å². The van der Waals surface area contributed by atoms with Crippen molar-refractivity contribution in [2.24, 2.45) is 5.92 Å². The Hall–Kier alpha value is -0.260. The first-order chi connectivity index (χ1) is 7.62. The molecule has 100 valence electrons. The SMILES string of the molecule is CC(C)(Br)C(=O)NC1CCCCC1C(F)(F)F. The Kier molecular flexibility index (Phi) is 4.49. The lowest BCUT2D eigenvalue weighted by atomic mass is 9.83. The molecular formula is C11H17BrF3NO.